The van der Waals surface area contributed by atoms with E-state index in [2.05, 4.69) is 60.0 Å². The van der Waals surface area contributed by atoms with Crippen molar-refractivity contribution in [3.63, 3.8) is 0 Å². The molecule has 4 nitrogen and oxygen atoms in total. The average molecular weight is 343 g/mol. The van der Waals surface area contributed by atoms with E-state index in [1.807, 2.05) is 12.1 Å². The van der Waals surface area contributed by atoms with Gasteiger partial charge >= 0.3 is 0 Å². The number of hydrogen-bond donors (Lipinski definition) is 1. The fourth-order valence-electron chi connectivity index (χ4n) is 2.46. The lowest BCUT2D eigenvalue weighted by Crippen LogP contribution is -2.30. The molecule has 1 aromatic heterocycles. The third kappa shape index (κ3) is 5.97. The fourth-order valence-corrected chi connectivity index (χ4v) is 3.38. The zero-order valence-electron chi connectivity index (χ0n) is 14.4. The first-order valence-electron chi connectivity index (χ1n) is 8.20. The average Bonchev–Trinajstić information content (AvgIpc) is 3.10. The minimum absolute atomic E-state index is 0.385. The lowest BCUT2D eigenvalue weighted by molar-refractivity contribution is 0.292. The third-order valence-electron chi connectivity index (χ3n) is 3.76. The van der Waals surface area contributed by atoms with Gasteiger partial charge in [-0.15, -0.1) is 11.3 Å². The van der Waals surface area contributed by atoms with Gasteiger partial charge in [0.25, 0.3) is 0 Å². The van der Waals surface area contributed by atoms with Gasteiger partial charge in [0.2, 0.25) is 0 Å². The highest BCUT2D eigenvalue weighted by molar-refractivity contribution is 7.10. The Hall–Kier alpha value is -1.87. The lowest BCUT2D eigenvalue weighted by Gasteiger charge is -2.23. The van der Waals surface area contributed by atoms with E-state index in [9.17, 15) is 0 Å². The van der Waals surface area contributed by atoms with Crippen LogP contribution in [0.3, 0.4) is 0 Å². The van der Waals surface area contributed by atoms with Crippen LogP contribution in [0.15, 0.2) is 41.8 Å². The summed E-state index contributed by atoms with van der Waals surface area (Å²) in [7, 11) is 4.23. The number of rotatable bonds is 10. The zero-order chi connectivity index (χ0) is 17.2. The number of benzene rings is 1. The molecule has 0 bridgehead atoms. The molecule has 0 aliphatic rings. The second kappa shape index (κ2) is 10.1. The van der Waals surface area contributed by atoms with Crippen molar-refractivity contribution in [1.82, 2.24) is 10.2 Å². The van der Waals surface area contributed by atoms with E-state index < -0.39 is 0 Å². The number of likely N-dealkylation sites (N-methyl/N-ethyl adjacent to an activating group) is 1. The largest absolute Gasteiger partial charge is 0.494 e. The molecule has 0 fully saturated rings. The number of thiophene rings is 1. The van der Waals surface area contributed by atoms with Gasteiger partial charge in [-0.1, -0.05) is 18.2 Å². The summed E-state index contributed by atoms with van der Waals surface area (Å²) in [5.41, 5.74) is 1.21. The summed E-state index contributed by atoms with van der Waals surface area (Å²) in [4.78, 5) is 3.62. The summed E-state index contributed by atoms with van der Waals surface area (Å²) in [6.45, 7) is 2.30. The van der Waals surface area contributed by atoms with Crippen molar-refractivity contribution < 1.29 is 4.74 Å². The Kier molecular flexibility index (Phi) is 7.76. The van der Waals surface area contributed by atoms with Gasteiger partial charge in [0.1, 0.15) is 5.75 Å². The number of nitrogens with one attached hydrogen (secondary N) is 1. The maximum absolute atomic E-state index is 8.54. The van der Waals surface area contributed by atoms with Crippen LogP contribution in [0.25, 0.3) is 0 Å². The molecular formula is C19H25N3OS. The van der Waals surface area contributed by atoms with E-state index in [0.717, 1.165) is 25.3 Å². The minimum Gasteiger partial charge on any atom is -0.494 e. The van der Waals surface area contributed by atoms with Crippen LogP contribution in [-0.2, 0) is 6.54 Å². The Morgan fingerprint density at radius 3 is 2.88 bits per heavy atom. The molecule has 2 aromatic rings. The Morgan fingerprint density at radius 2 is 2.17 bits per heavy atom. The first kappa shape index (κ1) is 18.5. The maximum atomic E-state index is 8.54. The van der Waals surface area contributed by atoms with Crippen molar-refractivity contribution in [2.24, 2.45) is 0 Å². The Labute approximate surface area is 148 Å². The number of hydrogen-bond acceptors (Lipinski definition) is 5. The Morgan fingerprint density at radius 1 is 1.29 bits per heavy atom. The van der Waals surface area contributed by atoms with Gasteiger partial charge in [0.05, 0.1) is 18.7 Å². The van der Waals surface area contributed by atoms with Gasteiger partial charge in [0.15, 0.2) is 0 Å². The smallest absolute Gasteiger partial charge is 0.119 e. The summed E-state index contributed by atoms with van der Waals surface area (Å²) in [5.74, 6) is 0.870. The van der Waals surface area contributed by atoms with Gasteiger partial charge in [0, 0.05) is 24.4 Å². The van der Waals surface area contributed by atoms with Crippen molar-refractivity contribution >= 4 is 11.3 Å². The molecule has 1 heterocycles. The molecule has 0 aliphatic carbocycles. The van der Waals surface area contributed by atoms with E-state index in [0.29, 0.717) is 19.1 Å². The highest BCUT2D eigenvalue weighted by atomic mass is 32.1. The zero-order valence-corrected chi connectivity index (χ0v) is 15.2. The molecule has 0 saturated carbocycles. The van der Waals surface area contributed by atoms with Gasteiger partial charge in [-0.05, 0) is 49.7 Å². The maximum Gasteiger partial charge on any atom is 0.119 e. The van der Waals surface area contributed by atoms with E-state index in [1.165, 1.54) is 10.4 Å². The number of ether oxygens (including phenoxy) is 1. The van der Waals surface area contributed by atoms with E-state index in [1.54, 1.807) is 11.3 Å². The lowest BCUT2D eigenvalue weighted by atomic mass is 10.2. The van der Waals surface area contributed by atoms with E-state index in [-0.39, 0.29) is 0 Å². The summed E-state index contributed by atoms with van der Waals surface area (Å²) < 4.78 is 5.69. The topological polar surface area (TPSA) is 48.3 Å². The molecule has 0 amide bonds. The standard InChI is InChI=1S/C19H25N3OS/c1-22(2)18(19-9-6-12-24-19)15-21-14-16-7-5-8-17(13-16)23-11-4-3-10-20/h5-9,12-13,18,21H,3-4,11,14-15H2,1-2H3. The molecule has 128 valence electrons. The van der Waals surface area contributed by atoms with E-state index >= 15 is 0 Å². The molecule has 5 heteroatoms. The van der Waals surface area contributed by atoms with Crippen LogP contribution in [0.1, 0.15) is 29.3 Å². The predicted molar refractivity (Wildman–Crippen MR) is 99.2 cm³/mol. The van der Waals surface area contributed by atoms with Crippen molar-refractivity contribution in [1.29, 1.82) is 5.26 Å². The highest BCUT2D eigenvalue weighted by Gasteiger charge is 2.14. The highest BCUT2D eigenvalue weighted by Crippen LogP contribution is 2.22. The molecule has 0 saturated heterocycles. The molecular weight excluding hydrogens is 318 g/mol. The summed E-state index contributed by atoms with van der Waals surface area (Å²) in [6.07, 6.45) is 1.31. The molecule has 1 N–H and O–H groups in total. The summed E-state index contributed by atoms with van der Waals surface area (Å²) >= 11 is 1.80. The first-order valence-corrected chi connectivity index (χ1v) is 9.08. The molecule has 1 aromatic carbocycles. The second-order valence-electron chi connectivity index (χ2n) is 5.88. The van der Waals surface area contributed by atoms with Crippen molar-refractivity contribution in [3.8, 4) is 11.8 Å². The van der Waals surface area contributed by atoms with Gasteiger partial charge in [-0.2, -0.15) is 5.26 Å². The molecule has 1 atom stereocenters. The molecule has 0 spiro atoms. The van der Waals surface area contributed by atoms with E-state index in [4.69, 9.17) is 10.00 Å². The van der Waals surface area contributed by atoms with Gasteiger partial charge < -0.3 is 15.0 Å². The van der Waals surface area contributed by atoms with Crippen LogP contribution >= 0.6 is 11.3 Å². The van der Waals surface area contributed by atoms with Crippen LogP contribution in [0.4, 0.5) is 0 Å². The molecule has 0 radical (unpaired) electrons. The quantitative estimate of drug-likeness (QED) is 0.666. The third-order valence-corrected chi connectivity index (χ3v) is 4.74. The normalized spacial score (nSPS) is 12.1. The van der Waals surface area contributed by atoms with Gasteiger partial charge in [-0.25, -0.2) is 0 Å². The molecule has 1 unspecified atom stereocenters. The Bertz CT molecular complexity index is 634. The SMILES string of the molecule is CN(C)C(CNCc1cccc(OCCCC#N)c1)c1cccs1. The summed E-state index contributed by atoms with van der Waals surface area (Å²) in [5, 5.41) is 14.2. The molecule has 24 heavy (non-hydrogen) atoms. The second-order valence-corrected chi connectivity index (χ2v) is 6.86. The number of nitrogens with zero attached hydrogens (tertiary/aromatic N) is 2. The number of nitriles is 1. The molecule has 2 rings (SSSR count). The van der Waals surface area contributed by atoms with Crippen LogP contribution in [-0.4, -0.2) is 32.1 Å². The van der Waals surface area contributed by atoms with Crippen molar-refractivity contribution in [3.05, 3.63) is 52.2 Å². The predicted octanol–water partition coefficient (Wildman–Crippen LogP) is 3.82. The van der Waals surface area contributed by atoms with Crippen LogP contribution in [0, 0.1) is 11.3 Å². The molecule has 0 aliphatic heterocycles. The first-order chi connectivity index (χ1) is 11.7. The fraction of sp³-hybridized carbons (Fsp3) is 0.421. The number of unbranched alkanes of at least 4 members (excludes halogenated alkanes) is 1. The van der Waals surface area contributed by atoms with Crippen molar-refractivity contribution in [2.45, 2.75) is 25.4 Å². The van der Waals surface area contributed by atoms with Crippen LogP contribution in [0.2, 0.25) is 0 Å². The van der Waals surface area contributed by atoms with Crippen LogP contribution in [0.5, 0.6) is 5.75 Å². The summed E-state index contributed by atoms with van der Waals surface area (Å²) in [6, 6.07) is 14.9. The minimum atomic E-state index is 0.385. The Balaban J connectivity index is 1.82. The van der Waals surface area contributed by atoms with Gasteiger partial charge in [-0.3, -0.25) is 0 Å². The van der Waals surface area contributed by atoms with Crippen molar-refractivity contribution in [2.75, 3.05) is 27.2 Å². The van der Waals surface area contributed by atoms with Crippen LogP contribution < -0.4 is 10.1 Å². The monoisotopic (exact) mass is 343 g/mol.